The quantitative estimate of drug-likeness (QED) is 0.0681. The van der Waals surface area contributed by atoms with Gasteiger partial charge in [-0.15, -0.1) is 0 Å². The third-order valence-electron chi connectivity index (χ3n) is 15.7. The van der Waals surface area contributed by atoms with Gasteiger partial charge in [-0.2, -0.15) is 4.98 Å². The minimum absolute atomic E-state index is 0.00584. The lowest BCUT2D eigenvalue weighted by Crippen LogP contribution is -2.54. The van der Waals surface area contributed by atoms with E-state index in [0.29, 0.717) is 43.7 Å². The van der Waals surface area contributed by atoms with Gasteiger partial charge in [0, 0.05) is 61.3 Å². The Hall–Kier alpha value is -5.98. The van der Waals surface area contributed by atoms with Crippen LogP contribution in [-0.2, 0) is 10.0 Å². The SMILES string of the molecule is COc1nc2[nH]cc(F)c2cc1Oc1cc(N2CCC3(CC2)CC(N2CCC[C@@H]2c2ccccc2C(C)C)C3)ccc1C(=O)NS(=O)(=O)c1cc2c(c([N+](=O)[O-])c1)N[C@@H]([C@H]1CC[C@](C)(O)CC1)CO2. The van der Waals surface area contributed by atoms with Crippen molar-refractivity contribution in [1.29, 1.82) is 0 Å². The minimum Gasteiger partial charge on any atom is -0.489 e. The summed E-state index contributed by atoms with van der Waals surface area (Å²) in [6, 6.07) is 17.9. The molecular weight excluding hydrogens is 906 g/mol. The normalized spacial score (nSPS) is 23.8. The number of nitro benzene ring substituents is 1. The minimum atomic E-state index is -4.75. The Labute approximate surface area is 401 Å². The molecule has 18 heteroatoms. The summed E-state index contributed by atoms with van der Waals surface area (Å²) in [6.07, 6.45) is 10.3. The van der Waals surface area contributed by atoms with Gasteiger partial charge in [0.05, 0.1) is 39.5 Å². The molecule has 1 amide bonds. The molecule has 2 aliphatic carbocycles. The van der Waals surface area contributed by atoms with Crippen molar-refractivity contribution in [2.75, 3.05) is 43.6 Å². The Morgan fingerprint density at radius 2 is 1.78 bits per heavy atom. The van der Waals surface area contributed by atoms with Crippen molar-refractivity contribution < 1.29 is 41.8 Å². The van der Waals surface area contributed by atoms with Crippen molar-refractivity contribution in [3.05, 3.63) is 99.5 Å². The number of hydrogen-bond donors (Lipinski definition) is 4. The topological polar surface area (TPSA) is 201 Å². The number of aromatic nitrogens is 2. The molecule has 16 nitrogen and oxygen atoms in total. The first-order valence-electron chi connectivity index (χ1n) is 24.1. The lowest BCUT2D eigenvalue weighted by molar-refractivity contribution is -0.384. The summed E-state index contributed by atoms with van der Waals surface area (Å²) in [5.74, 6) is -1.20. The molecule has 2 aromatic heterocycles. The summed E-state index contributed by atoms with van der Waals surface area (Å²) in [6.45, 7) is 9.09. The number of H-pyrrole nitrogens is 1. The molecule has 2 saturated heterocycles. The Balaban J connectivity index is 0.883. The molecule has 0 radical (unpaired) electrons. The van der Waals surface area contributed by atoms with Crippen molar-refractivity contribution >= 4 is 44.0 Å². The smallest absolute Gasteiger partial charge is 0.297 e. The average molecular weight is 966 g/mol. The number of benzene rings is 3. The van der Waals surface area contributed by atoms with Crippen LogP contribution in [0.4, 0.5) is 21.5 Å². The first kappa shape index (κ1) is 46.7. The summed E-state index contributed by atoms with van der Waals surface area (Å²) < 4.78 is 62.9. The fourth-order valence-electron chi connectivity index (χ4n) is 11.7. The number of nitro groups is 1. The van der Waals surface area contributed by atoms with Gasteiger partial charge in [-0.1, -0.05) is 38.1 Å². The predicted octanol–water partition coefficient (Wildman–Crippen LogP) is 9.35. The third-order valence-corrected chi connectivity index (χ3v) is 17.0. The molecule has 5 aromatic rings. The molecule has 4 N–H and O–H groups in total. The average Bonchev–Trinajstić information content (AvgIpc) is 3.96. The molecule has 3 aliphatic heterocycles. The first-order valence-corrected chi connectivity index (χ1v) is 25.6. The molecule has 3 aromatic carbocycles. The predicted molar refractivity (Wildman–Crippen MR) is 258 cm³/mol. The van der Waals surface area contributed by atoms with Crippen molar-refractivity contribution in [3.63, 3.8) is 0 Å². The third kappa shape index (κ3) is 9.06. The van der Waals surface area contributed by atoms with E-state index in [2.05, 4.69) is 67.9 Å². The van der Waals surface area contributed by atoms with Gasteiger partial charge in [-0.05, 0) is 118 Å². The van der Waals surface area contributed by atoms with Crippen LogP contribution in [0.3, 0.4) is 0 Å². The number of likely N-dealkylation sites (tertiary alicyclic amines) is 1. The van der Waals surface area contributed by atoms with Crippen LogP contribution in [0.15, 0.2) is 71.8 Å². The molecule has 2 atom stereocenters. The number of nitrogens with zero attached hydrogens (tertiary/aromatic N) is 4. The molecule has 1 spiro atoms. The van der Waals surface area contributed by atoms with Crippen molar-refractivity contribution in [2.45, 2.75) is 120 Å². The molecule has 10 rings (SSSR count). The van der Waals surface area contributed by atoms with E-state index < -0.39 is 42.9 Å². The Kier molecular flexibility index (Phi) is 12.2. The summed E-state index contributed by atoms with van der Waals surface area (Å²) in [5.41, 5.74) is 2.68. The number of halogens is 1. The zero-order valence-corrected chi connectivity index (χ0v) is 40.2. The van der Waals surface area contributed by atoms with Crippen LogP contribution in [0, 0.1) is 27.3 Å². The van der Waals surface area contributed by atoms with Crippen LogP contribution < -0.4 is 29.1 Å². The number of sulfonamides is 1. The van der Waals surface area contributed by atoms with Crippen LogP contribution in [0.2, 0.25) is 0 Å². The second-order valence-corrected chi connectivity index (χ2v) is 22.1. The van der Waals surface area contributed by atoms with Gasteiger partial charge in [-0.3, -0.25) is 19.8 Å². The highest BCUT2D eigenvalue weighted by molar-refractivity contribution is 7.90. The molecule has 366 valence electrons. The van der Waals surface area contributed by atoms with Crippen LogP contribution in [0.5, 0.6) is 23.1 Å². The maximum absolute atomic E-state index is 14.9. The zero-order chi connectivity index (χ0) is 48.4. The van der Waals surface area contributed by atoms with Crippen molar-refractivity contribution in [1.82, 2.24) is 19.6 Å². The highest BCUT2D eigenvalue weighted by Gasteiger charge is 2.50. The number of nitrogens with one attached hydrogen (secondary N) is 3. The molecule has 5 heterocycles. The lowest BCUT2D eigenvalue weighted by Gasteiger charge is -2.56. The van der Waals surface area contributed by atoms with E-state index >= 15 is 0 Å². The Morgan fingerprint density at radius 1 is 1.03 bits per heavy atom. The molecule has 69 heavy (non-hydrogen) atoms. The number of fused-ring (bicyclic) bond motifs is 2. The van der Waals surface area contributed by atoms with E-state index in [4.69, 9.17) is 14.2 Å². The number of carbonyl (C=O) groups is 1. The van der Waals surface area contributed by atoms with Gasteiger partial charge in [0.25, 0.3) is 27.5 Å². The highest BCUT2D eigenvalue weighted by Crippen LogP contribution is 2.54. The fourth-order valence-corrected chi connectivity index (χ4v) is 12.7. The summed E-state index contributed by atoms with van der Waals surface area (Å²) >= 11 is 0. The molecule has 5 aliphatic rings. The number of anilines is 2. The van der Waals surface area contributed by atoms with Crippen molar-refractivity contribution in [3.8, 4) is 23.1 Å². The van der Waals surface area contributed by atoms with Gasteiger partial charge in [0.15, 0.2) is 17.2 Å². The zero-order valence-electron chi connectivity index (χ0n) is 39.4. The molecule has 0 unspecified atom stereocenters. The monoisotopic (exact) mass is 965 g/mol. The number of methoxy groups -OCH3 is 1. The van der Waals surface area contributed by atoms with E-state index in [1.54, 1.807) is 19.1 Å². The number of rotatable bonds is 12. The number of amides is 1. The van der Waals surface area contributed by atoms with Crippen molar-refractivity contribution in [2.24, 2.45) is 11.3 Å². The standard InChI is InChI=1S/C51H60FN7O9S/c1-30(2)35-8-5-6-9-36(35)41-10-7-19-58(41)33-26-51(27-33)17-20-57(21-18-51)32-11-12-37(43(22-32)68-45-25-38-39(52)28-53-47(38)55-49(45)66-4)48(60)56-69(64,65)34-23-42(59(62)63)46-44(24-34)67-29-40(54-46)31-13-15-50(3,61)16-14-31/h5-6,8-9,11-12,22-25,28,30-31,33,40-41,54,61H,7,10,13-21,26-27,29H2,1-4H3,(H,53,55)(H,56,60)/t31-,40-,41-,50-/m1/s1. The lowest BCUT2D eigenvalue weighted by atomic mass is 9.59. The van der Waals surface area contributed by atoms with Crippen LogP contribution in [0.1, 0.15) is 118 Å². The van der Waals surface area contributed by atoms with Crippen LogP contribution >= 0.6 is 0 Å². The van der Waals surface area contributed by atoms with Gasteiger partial charge in [0.2, 0.25) is 0 Å². The summed E-state index contributed by atoms with van der Waals surface area (Å²) in [4.78, 5) is 37.5. The first-order chi connectivity index (χ1) is 33.0. The number of ether oxygens (including phenoxy) is 3. The summed E-state index contributed by atoms with van der Waals surface area (Å²) in [5, 5.41) is 26.2. The Bertz CT molecular complexity index is 2900. The maximum Gasteiger partial charge on any atom is 0.297 e. The molecule has 2 saturated carbocycles. The van der Waals surface area contributed by atoms with E-state index in [1.165, 1.54) is 43.2 Å². The van der Waals surface area contributed by atoms with Crippen LogP contribution in [-0.4, -0.2) is 90.3 Å². The van der Waals surface area contributed by atoms with Gasteiger partial charge < -0.3 is 34.5 Å². The number of hydrogen-bond acceptors (Lipinski definition) is 13. The second-order valence-electron chi connectivity index (χ2n) is 20.4. The maximum atomic E-state index is 14.9. The second kappa shape index (κ2) is 18.1. The summed E-state index contributed by atoms with van der Waals surface area (Å²) in [7, 11) is -3.38. The number of aliphatic hydroxyl groups is 1. The number of pyridine rings is 1. The van der Waals surface area contributed by atoms with E-state index in [-0.39, 0.29) is 69.4 Å². The molecule has 4 fully saturated rings. The highest BCUT2D eigenvalue weighted by atomic mass is 32.2. The fraction of sp³-hybridized carbons (Fsp3) is 0.490. The van der Waals surface area contributed by atoms with Crippen LogP contribution in [0.25, 0.3) is 11.0 Å². The Morgan fingerprint density at radius 3 is 2.51 bits per heavy atom. The van der Waals surface area contributed by atoms with E-state index in [0.717, 1.165) is 69.3 Å². The van der Waals surface area contributed by atoms with Gasteiger partial charge in [0.1, 0.15) is 23.8 Å². The van der Waals surface area contributed by atoms with Gasteiger partial charge in [-0.25, -0.2) is 17.5 Å². The number of aromatic amines is 1. The van der Waals surface area contributed by atoms with E-state index in [9.17, 15) is 32.8 Å². The largest absolute Gasteiger partial charge is 0.489 e. The number of carbonyl (C=O) groups excluding carboxylic acids is 1. The van der Waals surface area contributed by atoms with E-state index in [1.807, 2.05) is 0 Å². The number of piperidine rings is 1. The van der Waals surface area contributed by atoms with Gasteiger partial charge >= 0.3 is 0 Å². The molecule has 0 bridgehead atoms. The molecular formula is C51H60FN7O9S.